The molecule has 0 aliphatic rings. The lowest BCUT2D eigenvalue weighted by molar-refractivity contribution is -0.137. The van der Waals surface area contributed by atoms with Crippen LogP contribution in [-0.2, 0) is 17.4 Å². The van der Waals surface area contributed by atoms with Gasteiger partial charge in [-0.1, -0.05) is 23.7 Å². The first-order chi connectivity index (χ1) is 13.2. The number of likely N-dealkylation sites (N-methyl/N-ethyl adjacent to an activating group) is 1. The van der Waals surface area contributed by atoms with Crippen molar-refractivity contribution < 1.29 is 27.5 Å². The fraction of sp³-hybridized carbons (Fsp3) is 0.278. The molecule has 1 aromatic heterocycles. The fourth-order valence-electron chi connectivity index (χ4n) is 2.42. The lowest BCUT2D eigenvalue weighted by Gasteiger charge is -2.19. The van der Waals surface area contributed by atoms with E-state index in [0.717, 1.165) is 6.07 Å². The average Bonchev–Trinajstić information content (AvgIpc) is 2.67. The van der Waals surface area contributed by atoms with E-state index >= 15 is 0 Å². The number of halogens is 4. The Hall–Kier alpha value is -2.81. The number of amides is 2. The van der Waals surface area contributed by atoms with Crippen molar-refractivity contribution in [2.75, 3.05) is 14.2 Å². The summed E-state index contributed by atoms with van der Waals surface area (Å²) in [5.41, 5.74) is -0.759. The number of aromatic nitrogens is 1. The number of alkyl halides is 3. The van der Waals surface area contributed by atoms with Gasteiger partial charge in [-0.15, -0.1) is 0 Å². The highest BCUT2D eigenvalue weighted by Gasteiger charge is 2.32. The minimum absolute atomic E-state index is 0.0450. The van der Waals surface area contributed by atoms with Crippen LogP contribution in [0.3, 0.4) is 0 Å². The Morgan fingerprint density at radius 3 is 2.54 bits per heavy atom. The Kier molecular flexibility index (Phi) is 6.85. The average molecular weight is 416 g/mol. The van der Waals surface area contributed by atoms with E-state index in [0.29, 0.717) is 11.9 Å². The third-order valence-electron chi connectivity index (χ3n) is 3.86. The second-order valence-corrected chi connectivity index (χ2v) is 6.10. The van der Waals surface area contributed by atoms with Crippen LogP contribution >= 0.6 is 11.6 Å². The summed E-state index contributed by atoms with van der Waals surface area (Å²) in [6, 6.07) is 6.02. The lowest BCUT2D eigenvalue weighted by Crippen LogP contribution is -2.47. The first kappa shape index (κ1) is 21.5. The molecule has 0 fully saturated rings. The molecule has 2 rings (SSSR count). The second-order valence-electron chi connectivity index (χ2n) is 5.69. The van der Waals surface area contributed by atoms with Gasteiger partial charge in [-0.2, -0.15) is 13.2 Å². The largest absolute Gasteiger partial charge is 0.496 e. The summed E-state index contributed by atoms with van der Waals surface area (Å²) in [4.78, 5) is 28.4. The normalized spacial score (nSPS) is 12.2. The van der Waals surface area contributed by atoms with Crippen LogP contribution in [0.5, 0.6) is 5.75 Å². The minimum atomic E-state index is -4.59. The zero-order chi connectivity index (χ0) is 20.9. The molecule has 0 radical (unpaired) electrons. The monoisotopic (exact) mass is 415 g/mol. The molecule has 1 unspecified atom stereocenters. The maximum absolute atomic E-state index is 12.7. The Balaban J connectivity index is 2.25. The van der Waals surface area contributed by atoms with E-state index in [2.05, 4.69) is 15.6 Å². The summed E-state index contributed by atoms with van der Waals surface area (Å²) >= 11 is 5.90. The number of hydrogen-bond acceptors (Lipinski definition) is 4. The van der Waals surface area contributed by atoms with Crippen LogP contribution in [0.1, 0.15) is 21.6 Å². The zero-order valence-electron chi connectivity index (χ0n) is 14.9. The molecule has 2 amide bonds. The molecule has 0 saturated heterocycles. The number of para-hydroxylation sites is 1. The van der Waals surface area contributed by atoms with Crippen molar-refractivity contribution in [1.29, 1.82) is 0 Å². The molecule has 2 N–H and O–H groups in total. The highest BCUT2D eigenvalue weighted by atomic mass is 35.5. The number of hydrogen-bond donors (Lipinski definition) is 2. The van der Waals surface area contributed by atoms with Crippen LogP contribution < -0.4 is 15.4 Å². The number of pyridine rings is 1. The Labute approximate surface area is 164 Å². The van der Waals surface area contributed by atoms with E-state index in [4.69, 9.17) is 16.3 Å². The molecule has 28 heavy (non-hydrogen) atoms. The molecule has 1 atom stereocenters. The van der Waals surface area contributed by atoms with E-state index < -0.39 is 29.6 Å². The Morgan fingerprint density at radius 1 is 1.29 bits per heavy atom. The number of benzene rings is 1. The smallest absolute Gasteiger partial charge is 0.417 e. The quantitative estimate of drug-likeness (QED) is 0.760. The minimum Gasteiger partial charge on any atom is -0.496 e. The van der Waals surface area contributed by atoms with Gasteiger partial charge in [0.2, 0.25) is 5.91 Å². The summed E-state index contributed by atoms with van der Waals surface area (Å²) in [6.07, 6.45) is -4.16. The van der Waals surface area contributed by atoms with Crippen LogP contribution in [-0.4, -0.2) is 37.0 Å². The van der Waals surface area contributed by atoms with Gasteiger partial charge in [0.1, 0.15) is 11.8 Å². The summed E-state index contributed by atoms with van der Waals surface area (Å²) in [5.74, 6) is -0.837. The molecule has 6 nitrogen and oxygen atoms in total. The molecular formula is C18H17ClF3N3O3. The van der Waals surface area contributed by atoms with Crippen molar-refractivity contribution in [2.24, 2.45) is 0 Å². The van der Waals surface area contributed by atoms with Crippen molar-refractivity contribution in [2.45, 2.75) is 18.6 Å². The van der Waals surface area contributed by atoms with Crippen molar-refractivity contribution in [3.63, 3.8) is 0 Å². The Morgan fingerprint density at radius 2 is 1.96 bits per heavy atom. The molecule has 1 aromatic carbocycles. The number of nitrogens with one attached hydrogen (secondary N) is 2. The third-order valence-corrected chi connectivity index (χ3v) is 4.19. The first-order valence-corrected chi connectivity index (χ1v) is 8.42. The predicted molar refractivity (Wildman–Crippen MR) is 96.3 cm³/mol. The van der Waals surface area contributed by atoms with Gasteiger partial charge < -0.3 is 15.4 Å². The topological polar surface area (TPSA) is 80.3 Å². The molecule has 0 aliphatic carbocycles. The van der Waals surface area contributed by atoms with Crippen LogP contribution in [0.2, 0.25) is 5.02 Å². The van der Waals surface area contributed by atoms with E-state index in [9.17, 15) is 22.8 Å². The summed E-state index contributed by atoms with van der Waals surface area (Å²) in [5, 5.41) is 4.66. The third kappa shape index (κ3) is 5.13. The number of carbonyl (C=O) groups is 2. The fourth-order valence-corrected chi connectivity index (χ4v) is 2.66. The standard InChI is InChI=1S/C18H17ClF3N3O3/c1-23-17(27)14(25-16(26)11-5-3-4-6-15(11)28-2)8-13-12(19)7-10(9-24-13)18(20,21)22/h3-7,9,14H,8H2,1-2H3,(H,23,27)(H,25,26). The summed E-state index contributed by atoms with van der Waals surface area (Å²) in [7, 11) is 2.76. The summed E-state index contributed by atoms with van der Waals surface area (Å²) in [6.45, 7) is 0. The highest BCUT2D eigenvalue weighted by molar-refractivity contribution is 6.31. The van der Waals surface area contributed by atoms with Crippen molar-refractivity contribution >= 4 is 23.4 Å². The molecule has 2 aromatic rings. The Bertz CT molecular complexity index is 875. The van der Waals surface area contributed by atoms with Gasteiger partial charge in [-0.05, 0) is 18.2 Å². The van der Waals surface area contributed by atoms with Crippen LogP contribution in [0.4, 0.5) is 13.2 Å². The number of methoxy groups -OCH3 is 1. The lowest BCUT2D eigenvalue weighted by atomic mass is 10.1. The highest BCUT2D eigenvalue weighted by Crippen LogP contribution is 2.31. The maximum Gasteiger partial charge on any atom is 0.417 e. The van der Waals surface area contributed by atoms with Crippen LogP contribution in [0.25, 0.3) is 0 Å². The van der Waals surface area contributed by atoms with Gasteiger partial charge in [0.15, 0.2) is 0 Å². The van der Waals surface area contributed by atoms with Gasteiger partial charge in [0.25, 0.3) is 5.91 Å². The maximum atomic E-state index is 12.7. The number of ether oxygens (including phenoxy) is 1. The van der Waals surface area contributed by atoms with Crippen LogP contribution in [0, 0.1) is 0 Å². The molecule has 0 spiro atoms. The van der Waals surface area contributed by atoms with E-state index in [1.807, 2.05) is 0 Å². The van der Waals surface area contributed by atoms with Crippen LogP contribution in [0.15, 0.2) is 36.5 Å². The SMILES string of the molecule is CNC(=O)C(Cc1ncc(C(F)(F)F)cc1Cl)NC(=O)c1ccccc1OC. The molecule has 10 heteroatoms. The van der Waals surface area contributed by atoms with E-state index in [1.165, 1.54) is 20.2 Å². The van der Waals surface area contributed by atoms with Crippen molar-refractivity contribution in [3.8, 4) is 5.75 Å². The van der Waals surface area contributed by atoms with Crippen molar-refractivity contribution in [3.05, 3.63) is 58.4 Å². The molecule has 150 valence electrons. The second kappa shape index (κ2) is 8.92. The van der Waals surface area contributed by atoms with E-state index in [-0.39, 0.29) is 22.7 Å². The van der Waals surface area contributed by atoms with E-state index in [1.54, 1.807) is 18.2 Å². The van der Waals surface area contributed by atoms with Gasteiger partial charge in [-0.3, -0.25) is 14.6 Å². The molecule has 0 aliphatic heterocycles. The molecule has 1 heterocycles. The van der Waals surface area contributed by atoms with Gasteiger partial charge in [0.05, 0.1) is 29.0 Å². The van der Waals surface area contributed by atoms with Gasteiger partial charge in [0, 0.05) is 19.7 Å². The van der Waals surface area contributed by atoms with Crippen molar-refractivity contribution in [1.82, 2.24) is 15.6 Å². The molecule has 0 bridgehead atoms. The molecule has 0 saturated carbocycles. The predicted octanol–water partition coefficient (Wildman–Crippen LogP) is 2.85. The number of carbonyl (C=O) groups excluding carboxylic acids is 2. The summed E-state index contributed by atoms with van der Waals surface area (Å²) < 4.78 is 43.3. The van der Waals surface area contributed by atoms with Gasteiger partial charge in [-0.25, -0.2) is 0 Å². The zero-order valence-corrected chi connectivity index (χ0v) is 15.7. The first-order valence-electron chi connectivity index (χ1n) is 8.04. The molecular weight excluding hydrogens is 399 g/mol. The number of rotatable bonds is 6. The number of nitrogens with zero attached hydrogens (tertiary/aromatic N) is 1. The van der Waals surface area contributed by atoms with Gasteiger partial charge >= 0.3 is 6.18 Å².